The first-order valence-corrected chi connectivity index (χ1v) is 7.14. The Labute approximate surface area is 127 Å². The first-order chi connectivity index (χ1) is 10.6. The molecule has 3 nitrogen and oxygen atoms in total. The van der Waals surface area contributed by atoms with Gasteiger partial charge in [0.2, 0.25) is 0 Å². The molecular weight excluding hydrogens is 288 g/mol. The number of rotatable bonds is 5. The summed E-state index contributed by atoms with van der Waals surface area (Å²) in [5.41, 5.74) is 8.97. The molecule has 0 amide bonds. The fraction of sp³-hybridized carbons (Fsp3) is 0.294. The van der Waals surface area contributed by atoms with Crippen LogP contribution in [-0.2, 0) is 19.4 Å². The van der Waals surface area contributed by atoms with E-state index in [9.17, 15) is 8.78 Å². The minimum Gasteiger partial charge on any atom is -0.489 e. The Kier molecular flexibility index (Phi) is 4.24. The summed E-state index contributed by atoms with van der Waals surface area (Å²) in [5.74, 6) is 0.848. The number of para-hydroxylation sites is 1. The van der Waals surface area contributed by atoms with Crippen LogP contribution in [0.5, 0.6) is 11.5 Å². The molecule has 22 heavy (non-hydrogen) atoms. The Balaban J connectivity index is 1.70. The Morgan fingerprint density at radius 1 is 1.09 bits per heavy atom. The zero-order valence-corrected chi connectivity index (χ0v) is 12.0. The van der Waals surface area contributed by atoms with Crippen molar-refractivity contribution < 1.29 is 18.3 Å². The molecule has 0 saturated carbocycles. The summed E-state index contributed by atoms with van der Waals surface area (Å²) in [5, 5.41) is 0. The molecule has 0 bridgehead atoms. The molecule has 0 radical (unpaired) electrons. The quantitative estimate of drug-likeness (QED) is 0.922. The summed E-state index contributed by atoms with van der Waals surface area (Å²) in [6.07, 6.45) is 1.73. The SMILES string of the molecule is N[C@H]1Cc2ccc(OCc3ccccc3OC(F)F)cc2C1. The van der Waals surface area contributed by atoms with E-state index in [0.717, 1.165) is 12.8 Å². The number of ether oxygens (including phenoxy) is 2. The van der Waals surface area contributed by atoms with Gasteiger partial charge in [-0.3, -0.25) is 0 Å². The molecule has 1 atom stereocenters. The van der Waals surface area contributed by atoms with E-state index in [0.29, 0.717) is 11.3 Å². The maximum Gasteiger partial charge on any atom is 0.387 e. The highest BCUT2D eigenvalue weighted by Gasteiger charge is 2.18. The molecule has 5 heteroatoms. The van der Waals surface area contributed by atoms with Crippen LogP contribution >= 0.6 is 0 Å². The van der Waals surface area contributed by atoms with Gasteiger partial charge < -0.3 is 15.2 Å². The van der Waals surface area contributed by atoms with E-state index in [1.165, 1.54) is 17.2 Å². The molecule has 1 aliphatic rings. The lowest BCUT2D eigenvalue weighted by atomic mass is 10.1. The molecule has 1 aliphatic carbocycles. The molecule has 0 spiro atoms. The van der Waals surface area contributed by atoms with Crippen molar-refractivity contribution in [3.63, 3.8) is 0 Å². The van der Waals surface area contributed by atoms with Crippen LogP contribution in [0.4, 0.5) is 8.78 Å². The van der Waals surface area contributed by atoms with E-state index in [-0.39, 0.29) is 18.4 Å². The monoisotopic (exact) mass is 305 g/mol. The van der Waals surface area contributed by atoms with E-state index in [2.05, 4.69) is 4.74 Å². The van der Waals surface area contributed by atoms with Crippen LogP contribution in [0.25, 0.3) is 0 Å². The summed E-state index contributed by atoms with van der Waals surface area (Å²) >= 11 is 0. The van der Waals surface area contributed by atoms with Gasteiger partial charge in [0.05, 0.1) is 0 Å². The van der Waals surface area contributed by atoms with Crippen LogP contribution in [0.1, 0.15) is 16.7 Å². The lowest BCUT2D eigenvalue weighted by Crippen LogP contribution is -2.18. The Morgan fingerprint density at radius 2 is 1.86 bits per heavy atom. The number of hydrogen-bond donors (Lipinski definition) is 1. The van der Waals surface area contributed by atoms with Gasteiger partial charge in [0.15, 0.2) is 0 Å². The molecule has 0 unspecified atom stereocenters. The molecule has 0 aromatic heterocycles. The maximum absolute atomic E-state index is 12.4. The largest absolute Gasteiger partial charge is 0.489 e. The van der Waals surface area contributed by atoms with Gasteiger partial charge in [-0.1, -0.05) is 24.3 Å². The lowest BCUT2D eigenvalue weighted by molar-refractivity contribution is -0.0508. The predicted molar refractivity (Wildman–Crippen MR) is 79.2 cm³/mol. The van der Waals surface area contributed by atoms with Crippen LogP contribution in [0.3, 0.4) is 0 Å². The van der Waals surface area contributed by atoms with Crippen LogP contribution < -0.4 is 15.2 Å². The second-order valence-corrected chi connectivity index (χ2v) is 5.37. The summed E-state index contributed by atoms with van der Waals surface area (Å²) in [7, 11) is 0. The van der Waals surface area contributed by atoms with Crippen molar-refractivity contribution in [3.05, 3.63) is 59.2 Å². The molecule has 116 valence electrons. The standard InChI is InChI=1S/C17H17F2NO2/c18-17(19)22-16-4-2-1-3-12(16)10-21-15-6-5-11-7-14(20)8-13(11)9-15/h1-6,9,14,17H,7-8,10,20H2/t14-/m0/s1. The Morgan fingerprint density at radius 3 is 2.68 bits per heavy atom. The average Bonchev–Trinajstić information content (AvgIpc) is 2.85. The van der Waals surface area contributed by atoms with Gasteiger partial charge in [-0.25, -0.2) is 0 Å². The molecule has 2 aromatic rings. The third kappa shape index (κ3) is 3.36. The third-order valence-corrected chi connectivity index (χ3v) is 3.72. The lowest BCUT2D eigenvalue weighted by Gasteiger charge is -2.12. The predicted octanol–water partition coefficient (Wildman–Crippen LogP) is 3.29. The topological polar surface area (TPSA) is 44.5 Å². The highest BCUT2D eigenvalue weighted by molar-refractivity contribution is 5.40. The van der Waals surface area contributed by atoms with E-state index < -0.39 is 6.61 Å². The number of fused-ring (bicyclic) bond motifs is 1. The number of benzene rings is 2. The van der Waals surface area contributed by atoms with Gasteiger partial charge in [0.1, 0.15) is 18.1 Å². The Bertz CT molecular complexity index is 661. The van der Waals surface area contributed by atoms with Crippen LogP contribution in [0.2, 0.25) is 0 Å². The smallest absolute Gasteiger partial charge is 0.387 e. The van der Waals surface area contributed by atoms with Gasteiger partial charge in [-0.05, 0) is 42.2 Å². The molecule has 2 N–H and O–H groups in total. The first-order valence-electron chi connectivity index (χ1n) is 7.14. The molecule has 0 fully saturated rings. The van der Waals surface area contributed by atoms with Crippen molar-refractivity contribution >= 4 is 0 Å². The van der Waals surface area contributed by atoms with Crippen molar-refractivity contribution in [2.45, 2.75) is 32.1 Å². The van der Waals surface area contributed by atoms with Gasteiger partial charge in [-0.2, -0.15) is 8.78 Å². The molecule has 0 heterocycles. The molecule has 2 aromatic carbocycles. The maximum atomic E-state index is 12.4. The Hall–Kier alpha value is -2.14. The van der Waals surface area contributed by atoms with Crippen molar-refractivity contribution in [2.75, 3.05) is 0 Å². The summed E-state index contributed by atoms with van der Waals surface area (Å²) in [4.78, 5) is 0. The average molecular weight is 305 g/mol. The number of nitrogens with two attached hydrogens (primary N) is 1. The summed E-state index contributed by atoms with van der Waals surface area (Å²) < 4.78 is 35.0. The minimum atomic E-state index is -2.84. The van der Waals surface area contributed by atoms with Crippen LogP contribution in [0.15, 0.2) is 42.5 Å². The third-order valence-electron chi connectivity index (χ3n) is 3.72. The van der Waals surface area contributed by atoms with Gasteiger partial charge in [-0.15, -0.1) is 0 Å². The normalized spacial score (nSPS) is 16.6. The molecular formula is C17H17F2NO2. The highest BCUT2D eigenvalue weighted by atomic mass is 19.3. The fourth-order valence-electron chi connectivity index (χ4n) is 2.71. The van der Waals surface area contributed by atoms with Crippen LogP contribution in [0, 0.1) is 0 Å². The number of hydrogen-bond acceptors (Lipinski definition) is 3. The summed E-state index contributed by atoms with van der Waals surface area (Å²) in [6, 6.07) is 12.7. The number of halogens is 2. The van der Waals surface area contributed by atoms with E-state index in [1.807, 2.05) is 18.2 Å². The van der Waals surface area contributed by atoms with Gasteiger partial charge >= 0.3 is 6.61 Å². The van der Waals surface area contributed by atoms with Crippen molar-refractivity contribution in [1.82, 2.24) is 0 Å². The van der Waals surface area contributed by atoms with Gasteiger partial charge in [0, 0.05) is 11.6 Å². The zero-order valence-electron chi connectivity index (χ0n) is 12.0. The van der Waals surface area contributed by atoms with E-state index >= 15 is 0 Å². The minimum absolute atomic E-state index is 0.140. The fourth-order valence-corrected chi connectivity index (χ4v) is 2.71. The summed E-state index contributed by atoms with van der Waals surface area (Å²) in [6.45, 7) is -2.67. The zero-order chi connectivity index (χ0) is 15.5. The second kappa shape index (κ2) is 6.32. The van der Waals surface area contributed by atoms with E-state index in [4.69, 9.17) is 10.5 Å². The second-order valence-electron chi connectivity index (χ2n) is 5.37. The highest BCUT2D eigenvalue weighted by Crippen LogP contribution is 2.27. The van der Waals surface area contributed by atoms with Crippen LogP contribution in [-0.4, -0.2) is 12.7 Å². The number of alkyl halides is 2. The molecule has 0 aliphatic heterocycles. The first kappa shape index (κ1) is 14.8. The molecule has 3 rings (SSSR count). The van der Waals surface area contributed by atoms with Crippen molar-refractivity contribution in [1.29, 1.82) is 0 Å². The van der Waals surface area contributed by atoms with Crippen molar-refractivity contribution in [3.8, 4) is 11.5 Å². The van der Waals surface area contributed by atoms with Gasteiger partial charge in [0.25, 0.3) is 0 Å². The molecule has 0 saturated heterocycles. The van der Waals surface area contributed by atoms with E-state index in [1.54, 1.807) is 18.2 Å². The van der Waals surface area contributed by atoms with Crippen molar-refractivity contribution in [2.24, 2.45) is 5.73 Å².